The minimum atomic E-state index is 0.684. The molecule has 4 fully saturated rings. The minimum Gasteiger partial charge on any atom is -0.296 e. The lowest BCUT2D eigenvalue weighted by Gasteiger charge is -2.42. The maximum absolute atomic E-state index is 2.80. The van der Waals surface area contributed by atoms with Crippen LogP contribution in [-0.2, 0) is 0 Å². The van der Waals surface area contributed by atoms with Gasteiger partial charge < -0.3 is 0 Å². The van der Waals surface area contributed by atoms with E-state index in [0.29, 0.717) is 12.1 Å². The Kier molecular flexibility index (Phi) is 15.1. The molecule has 240 valence electrons. The van der Waals surface area contributed by atoms with Crippen molar-refractivity contribution in [2.75, 3.05) is 26.2 Å². The van der Waals surface area contributed by atoms with Crippen molar-refractivity contribution in [2.24, 2.45) is 23.7 Å². The summed E-state index contributed by atoms with van der Waals surface area (Å²) < 4.78 is 0. The van der Waals surface area contributed by atoms with Gasteiger partial charge in [-0.25, -0.2) is 0 Å². The van der Waals surface area contributed by atoms with Crippen LogP contribution in [0.3, 0.4) is 0 Å². The molecule has 0 bridgehead atoms. The fourth-order valence-electron chi connectivity index (χ4n) is 8.38. The molecule has 0 radical (unpaired) electrons. The van der Waals surface area contributed by atoms with Crippen molar-refractivity contribution in [3.8, 4) is 0 Å². The van der Waals surface area contributed by atoms with Gasteiger partial charge in [-0.2, -0.15) is 0 Å². The van der Waals surface area contributed by atoms with E-state index in [1.807, 2.05) is 0 Å². The van der Waals surface area contributed by atoms with Gasteiger partial charge in [-0.1, -0.05) is 133 Å². The average Bonchev–Trinajstić information content (AvgIpc) is 3.06. The van der Waals surface area contributed by atoms with E-state index >= 15 is 0 Å². The molecule has 0 N–H and O–H groups in total. The second kappa shape index (κ2) is 19.0. The Bertz CT molecular complexity index is 866. The number of hydrogen-bond acceptors (Lipinski definition) is 2. The molecule has 2 saturated carbocycles. The maximum atomic E-state index is 2.80. The number of rotatable bonds is 6. The van der Waals surface area contributed by atoms with Crippen LogP contribution in [-0.4, -0.2) is 36.0 Å². The Labute approximate surface area is 267 Å². The first kappa shape index (κ1) is 34.2. The van der Waals surface area contributed by atoms with Crippen LogP contribution in [0.25, 0.3) is 0 Å². The third kappa shape index (κ3) is 10.7. The number of benzene rings is 2. The van der Waals surface area contributed by atoms with E-state index in [9.17, 15) is 0 Å². The Morgan fingerprint density at radius 3 is 1.09 bits per heavy atom. The van der Waals surface area contributed by atoms with Crippen LogP contribution in [0.1, 0.15) is 147 Å². The normalized spacial score (nSPS) is 23.3. The largest absolute Gasteiger partial charge is 0.296 e. The number of nitrogens with zero attached hydrogens (tertiary/aromatic N) is 2. The van der Waals surface area contributed by atoms with E-state index in [1.54, 1.807) is 11.1 Å². The summed E-state index contributed by atoms with van der Waals surface area (Å²) in [6.45, 7) is 14.3. The topological polar surface area (TPSA) is 6.48 Å². The zero-order chi connectivity index (χ0) is 30.3. The summed E-state index contributed by atoms with van der Waals surface area (Å²) >= 11 is 0. The van der Waals surface area contributed by atoms with Crippen LogP contribution in [0.4, 0.5) is 0 Å². The highest BCUT2D eigenvalue weighted by molar-refractivity contribution is 5.21. The molecular formula is C41H66N2. The molecule has 6 rings (SSSR count). The van der Waals surface area contributed by atoms with E-state index in [2.05, 4.69) is 98.2 Å². The van der Waals surface area contributed by atoms with E-state index < -0.39 is 0 Å². The van der Waals surface area contributed by atoms with E-state index in [0.717, 1.165) is 23.7 Å². The first-order chi connectivity index (χ1) is 21.1. The van der Waals surface area contributed by atoms with Crippen molar-refractivity contribution in [3.05, 3.63) is 71.8 Å². The van der Waals surface area contributed by atoms with Gasteiger partial charge in [0.2, 0.25) is 0 Å². The molecule has 0 amide bonds. The van der Waals surface area contributed by atoms with E-state index in [1.165, 1.54) is 122 Å². The standard InChI is InChI=1S/2C19H29N.C3H8/c2*1-16-12-14-20(15-13-16)19(17-8-4-2-5-9-17)18-10-6-3-7-11-18;1-3-2/h2*2,4-5,8-9,16,18-19H,3,6-7,10-15H2,1H3;3H2,1-2H3. The van der Waals surface area contributed by atoms with Gasteiger partial charge in [-0.3, -0.25) is 9.80 Å². The van der Waals surface area contributed by atoms with Crippen molar-refractivity contribution in [1.82, 2.24) is 9.80 Å². The highest BCUT2D eigenvalue weighted by Gasteiger charge is 2.33. The smallest absolute Gasteiger partial charge is 0.0376 e. The highest BCUT2D eigenvalue weighted by atomic mass is 15.2. The summed E-state index contributed by atoms with van der Waals surface area (Å²) in [5.41, 5.74) is 3.13. The zero-order valence-electron chi connectivity index (χ0n) is 28.6. The summed E-state index contributed by atoms with van der Waals surface area (Å²) in [5, 5.41) is 0. The highest BCUT2D eigenvalue weighted by Crippen LogP contribution is 2.41. The van der Waals surface area contributed by atoms with E-state index in [4.69, 9.17) is 0 Å². The molecule has 2 unspecified atom stereocenters. The summed E-state index contributed by atoms with van der Waals surface area (Å²) in [4.78, 5) is 5.59. The summed E-state index contributed by atoms with van der Waals surface area (Å²) in [7, 11) is 0. The van der Waals surface area contributed by atoms with Gasteiger partial charge in [0.25, 0.3) is 0 Å². The fourth-order valence-corrected chi connectivity index (χ4v) is 8.38. The van der Waals surface area contributed by atoms with Crippen LogP contribution in [0.2, 0.25) is 0 Å². The summed E-state index contributed by atoms with van der Waals surface area (Å²) in [6.07, 6.45) is 21.2. The molecule has 4 aliphatic rings. The van der Waals surface area contributed by atoms with Gasteiger partial charge in [0.1, 0.15) is 0 Å². The van der Waals surface area contributed by atoms with Crippen LogP contribution >= 0.6 is 0 Å². The van der Waals surface area contributed by atoms with Crippen molar-refractivity contribution >= 4 is 0 Å². The molecule has 2 saturated heterocycles. The molecule has 2 heterocycles. The van der Waals surface area contributed by atoms with Crippen LogP contribution in [0.15, 0.2) is 60.7 Å². The molecule has 0 spiro atoms. The predicted octanol–water partition coefficient (Wildman–Crippen LogP) is 11.5. The van der Waals surface area contributed by atoms with Gasteiger partial charge in [0, 0.05) is 12.1 Å². The lowest BCUT2D eigenvalue weighted by molar-refractivity contribution is 0.0816. The van der Waals surface area contributed by atoms with Crippen molar-refractivity contribution in [2.45, 2.75) is 136 Å². The summed E-state index contributed by atoms with van der Waals surface area (Å²) in [6, 6.07) is 24.0. The number of likely N-dealkylation sites (tertiary alicyclic amines) is 2. The molecule has 2 heteroatoms. The first-order valence-corrected chi connectivity index (χ1v) is 18.7. The van der Waals surface area contributed by atoms with Crippen LogP contribution in [0.5, 0.6) is 0 Å². The van der Waals surface area contributed by atoms with E-state index in [-0.39, 0.29) is 0 Å². The third-order valence-electron chi connectivity index (χ3n) is 10.9. The Morgan fingerprint density at radius 1 is 0.488 bits per heavy atom. The quantitative estimate of drug-likeness (QED) is 0.332. The van der Waals surface area contributed by atoms with Gasteiger partial charge >= 0.3 is 0 Å². The van der Waals surface area contributed by atoms with Crippen molar-refractivity contribution in [3.63, 3.8) is 0 Å². The Morgan fingerprint density at radius 2 is 0.791 bits per heavy atom. The third-order valence-corrected chi connectivity index (χ3v) is 10.9. The molecule has 43 heavy (non-hydrogen) atoms. The lowest BCUT2D eigenvalue weighted by atomic mass is 9.79. The second-order valence-corrected chi connectivity index (χ2v) is 14.7. The van der Waals surface area contributed by atoms with Gasteiger partial charge in [-0.05, 0) is 112 Å². The molecule has 2 nitrogen and oxygen atoms in total. The zero-order valence-corrected chi connectivity index (χ0v) is 28.6. The minimum absolute atomic E-state index is 0.684. The molecule has 2 aliphatic heterocycles. The van der Waals surface area contributed by atoms with Gasteiger partial charge in [-0.15, -0.1) is 0 Å². The van der Waals surface area contributed by atoms with Crippen LogP contribution < -0.4 is 0 Å². The monoisotopic (exact) mass is 587 g/mol. The molecule has 2 aromatic carbocycles. The molecular weight excluding hydrogens is 520 g/mol. The molecule has 0 aromatic heterocycles. The molecule has 2 aromatic rings. The van der Waals surface area contributed by atoms with Crippen molar-refractivity contribution < 1.29 is 0 Å². The Hall–Kier alpha value is -1.64. The number of piperidine rings is 2. The lowest BCUT2D eigenvalue weighted by Crippen LogP contribution is -2.40. The fraction of sp³-hybridized carbons (Fsp3) is 0.707. The van der Waals surface area contributed by atoms with Gasteiger partial charge in [0.15, 0.2) is 0 Å². The number of hydrogen-bond donors (Lipinski definition) is 0. The molecule has 2 aliphatic carbocycles. The summed E-state index contributed by atoms with van der Waals surface area (Å²) in [5.74, 6) is 3.63. The van der Waals surface area contributed by atoms with Crippen LogP contribution in [0, 0.1) is 23.7 Å². The SMILES string of the molecule is CC1CCN(C(c2ccccc2)C2CCCCC2)CC1.CC1CCN(C(c2ccccc2)C2CCCCC2)CC1.CCC. The van der Waals surface area contributed by atoms with Crippen molar-refractivity contribution in [1.29, 1.82) is 0 Å². The van der Waals surface area contributed by atoms with Gasteiger partial charge in [0.05, 0.1) is 0 Å². The molecule has 2 atom stereocenters. The second-order valence-electron chi connectivity index (χ2n) is 14.7. The Balaban J connectivity index is 0.000000181. The maximum Gasteiger partial charge on any atom is 0.0376 e. The first-order valence-electron chi connectivity index (χ1n) is 18.7. The predicted molar refractivity (Wildman–Crippen MR) is 187 cm³/mol. The average molecular weight is 587 g/mol.